The fraction of sp³-hybridized carbons (Fsp3) is 0.200. The minimum Gasteiger partial charge on any atom is -0.333 e. The van der Waals surface area contributed by atoms with Gasteiger partial charge in [-0.25, -0.2) is 9.37 Å². The van der Waals surface area contributed by atoms with Crippen molar-refractivity contribution in [2.75, 3.05) is 6.54 Å². The number of alkyl halides is 3. The van der Waals surface area contributed by atoms with E-state index in [1.54, 1.807) is 28.5 Å². The Bertz CT molecular complexity index is 1640. The summed E-state index contributed by atoms with van der Waals surface area (Å²) in [7, 11) is 0. The summed E-state index contributed by atoms with van der Waals surface area (Å²) in [5, 5.41) is 2.39. The molecule has 0 aliphatic heterocycles. The maximum Gasteiger partial charge on any atom is 0.416 e. The molecule has 0 aliphatic carbocycles. The van der Waals surface area contributed by atoms with Crippen LogP contribution in [0.25, 0.3) is 0 Å². The van der Waals surface area contributed by atoms with E-state index in [2.05, 4.69) is 4.98 Å². The Hall–Kier alpha value is -4.34. The third kappa shape index (κ3) is 8.84. The highest BCUT2D eigenvalue weighted by molar-refractivity contribution is 7.09. The summed E-state index contributed by atoms with van der Waals surface area (Å²) in [6.45, 7) is 1.81. The van der Waals surface area contributed by atoms with E-state index in [-0.39, 0.29) is 18.3 Å². The second-order valence-corrected chi connectivity index (χ2v) is 11.5. The molecule has 5 rings (SSSR count). The van der Waals surface area contributed by atoms with Gasteiger partial charge in [-0.15, -0.1) is 11.3 Å². The Morgan fingerprint density at radius 2 is 1.32 bits per heavy atom. The van der Waals surface area contributed by atoms with Crippen molar-refractivity contribution in [2.45, 2.75) is 38.8 Å². The third-order valence-electron chi connectivity index (χ3n) is 7.13. The number of carbonyl (C=O) groups is 1. The molecule has 1 amide bonds. The molecular weight excluding hydrogens is 586 g/mol. The van der Waals surface area contributed by atoms with Crippen molar-refractivity contribution in [1.29, 1.82) is 0 Å². The number of carbonyl (C=O) groups excluding carboxylic acids is 1. The topological polar surface area (TPSA) is 36.4 Å². The van der Waals surface area contributed by atoms with Crippen LogP contribution in [-0.2, 0) is 38.8 Å². The first-order valence-corrected chi connectivity index (χ1v) is 15.1. The van der Waals surface area contributed by atoms with E-state index in [0.29, 0.717) is 48.9 Å². The lowest BCUT2D eigenvalue weighted by atomic mass is 10.1. The molecule has 0 saturated carbocycles. The van der Waals surface area contributed by atoms with E-state index in [4.69, 9.17) is 0 Å². The van der Waals surface area contributed by atoms with E-state index in [9.17, 15) is 22.4 Å². The molecule has 0 aliphatic rings. The second-order valence-electron chi connectivity index (χ2n) is 10.5. The first kappa shape index (κ1) is 31.1. The fourth-order valence-electron chi connectivity index (χ4n) is 4.92. The third-order valence-corrected chi connectivity index (χ3v) is 7.96. The first-order valence-electron chi connectivity index (χ1n) is 14.2. The molecule has 4 nitrogen and oxygen atoms in total. The molecule has 9 heteroatoms. The highest BCUT2D eigenvalue weighted by Crippen LogP contribution is 2.30. The Morgan fingerprint density at radius 3 is 2.00 bits per heavy atom. The van der Waals surface area contributed by atoms with Crippen molar-refractivity contribution < 1.29 is 22.4 Å². The van der Waals surface area contributed by atoms with Crippen LogP contribution in [0.5, 0.6) is 0 Å². The van der Waals surface area contributed by atoms with Gasteiger partial charge in [-0.3, -0.25) is 9.69 Å². The van der Waals surface area contributed by atoms with Crippen molar-refractivity contribution >= 4 is 17.2 Å². The molecule has 0 unspecified atom stereocenters. The lowest BCUT2D eigenvalue weighted by Crippen LogP contribution is -2.33. The molecule has 0 N–H and O–H groups in total. The molecule has 0 atom stereocenters. The van der Waals surface area contributed by atoms with Crippen molar-refractivity contribution in [3.63, 3.8) is 0 Å². The van der Waals surface area contributed by atoms with E-state index < -0.39 is 11.7 Å². The van der Waals surface area contributed by atoms with Crippen LogP contribution < -0.4 is 0 Å². The zero-order valence-corrected chi connectivity index (χ0v) is 24.7. The van der Waals surface area contributed by atoms with Gasteiger partial charge in [0.25, 0.3) is 5.91 Å². The average molecular weight is 618 g/mol. The minimum atomic E-state index is -4.45. The molecule has 0 spiro atoms. The molecule has 4 aromatic carbocycles. The Balaban J connectivity index is 1.34. The molecule has 0 bridgehead atoms. The Kier molecular flexibility index (Phi) is 10.2. The number of aromatic nitrogens is 1. The van der Waals surface area contributed by atoms with Crippen molar-refractivity contribution in [2.24, 2.45) is 0 Å². The predicted molar refractivity (Wildman–Crippen MR) is 164 cm³/mol. The number of benzene rings is 4. The van der Waals surface area contributed by atoms with E-state index in [1.807, 2.05) is 65.6 Å². The minimum absolute atomic E-state index is 0.185. The summed E-state index contributed by atoms with van der Waals surface area (Å²) >= 11 is 1.34. The van der Waals surface area contributed by atoms with Crippen LogP contribution in [0.1, 0.15) is 43.3 Å². The molecule has 0 saturated heterocycles. The standard InChI is InChI=1S/C35H31F4N3OS/c36-31-16-14-28(15-17-31)21-41(22-29-12-7-13-30(20-29)35(37,38)39)24-33-40-32(25-44-33)34(43)42(23-27-10-5-2-6-11-27)19-18-26-8-3-1-4-9-26/h1-17,20,25H,18-19,21-24H2. The zero-order valence-electron chi connectivity index (χ0n) is 23.9. The van der Waals surface area contributed by atoms with Gasteiger partial charge in [0.15, 0.2) is 0 Å². The zero-order chi connectivity index (χ0) is 30.9. The molecule has 44 heavy (non-hydrogen) atoms. The lowest BCUT2D eigenvalue weighted by molar-refractivity contribution is -0.137. The van der Waals surface area contributed by atoms with Gasteiger partial charge in [0, 0.05) is 31.6 Å². The maximum absolute atomic E-state index is 13.7. The predicted octanol–water partition coefficient (Wildman–Crippen LogP) is 8.39. The summed E-state index contributed by atoms with van der Waals surface area (Å²) in [5.41, 5.74) is 3.05. The van der Waals surface area contributed by atoms with Crippen LogP contribution in [0.4, 0.5) is 17.6 Å². The maximum atomic E-state index is 13.7. The molecule has 1 aromatic heterocycles. The Morgan fingerprint density at radius 1 is 0.705 bits per heavy atom. The number of hydrogen-bond donors (Lipinski definition) is 0. The van der Waals surface area contributed by atoms with Gasteiger partial charge in [0.2, 0.25) is 0 Å². The van der Waals surface area contributed by atoms with Crippen molar-refractivity contribution in [3.8, 4) is 0 Å². The molecular formula is C35H31F4N3OS. The highest BCUT2D eigenvalue weighted by Gasteiger charge is 2.30. The molecule has 226 valence electrons. The van der Waals surface area contributed by atoms with E-state index in [0.717, 1.165) is 28.8 Å². The van der Waals surface area contributed by atoms with Crippen LogP contribution in [0.2, 0.25) is 0 Å². The van der Waals surface area contributed by atoms with Gasteiger partial charge < -0.3 is 4.90 Å². The van der Waals surface area contributed by atoms with Crippen LogP contribution >= 0.6 is 11.3 Å². The normalized spacial score (nSPS) is 11.6. The smallest absolute Gasteiger partial charge is 0.333 e. The van der Waals surface area contributed by atoms with Crippen LogP contribution in [0.15, 0.2) is 115 Å². The van der Waals surface area contributed by atoms with Gasteiger partial charge in [-0.05, 0) is 46.9 Å². The Labute approximate surface area is 258 Å². The van der Waals surface area contributed by atoms with E-state index in [1.165, 1.54) is 29.5 Å². The largest absolute Gasteiger partial charge is 0.416 e. The van der Waals surface area contributed by atoms with Gasteiger partial charge >= 0.3 is 6.18 Å². The SMILES string of the molecule is O=C(c1csc(CN(Cc2ccc(F)cc2)Cc2cccc(C(F)(F)F)c2)n1)N(CCc1ccccc1)Cc1ccccc1. The summed E-state index contributed by atoms with van der Waals surface area (Å²) < 4.78 is 53.7. The number of thiazole rings is 1. The monoisotopic (exact) mass is 617 g/mol. The van der Waals surface area contributed by atoms with Gasteiger partial charge in [0.05, 0.1) is 12.1 Å². The average Bonchev–Trinajstić information content (AvgIpc) is 3.49. The molecule has 0 radical (unpaired) electrons. The van der Waals surface area contributed by atoms with Crippen LogP contribution in [0.3, 0.4) is 0 Å². The summed E-state index contributed by atoms with van der Waals surface area (Å²) in [6.07, 6.45) is -3.76. The number of halogens is 4. The van der Waals surface area contributed by atoms with Gasteiger partial charge in [-0.2, -0.15) is 13.2 Å². The van der Waals surface area contributed by atoms with E-state index >= 15 is 0 Å². The number of hydrogen-bond acceptors (Lipinski definition) is 4. The lowest BCUT2D eigenvalue weighted by Gasteiger charge is -2.23. The quantitative estimate of drug-likeness (QED) is 0.132. The van der Waals surface area contributed by atoms with Crippen molar-refractivity contribution in [3.05, 3.63) is 159 Å². The summed E-state index contributed by atoms with van der Waals surface area (Å²) in [4.78, 5) is 22.1. The summed E-state index contributed by atoms with van der Waals surface area (Å²) in [5.74, 6) is -0.552. The summed E-state index contributed by atoms with van der Waals surface area (Å²) in [6, 6.07) is 31.0. The number of rotatable bonds is 12. The molecule has 1 heterocycles. The second kappa shape index (κ2) is 14.4. The van der Waals surface area contributed by atoms with Crippen molar-refractivity contribution in [1.82, 2.24) is 14.8 Å². The number of amides is 1. The highest BCUT2D eigenvalue weighted by atomic mass is 32.1. The van der Waals surface area contributed by atoms with Crippen LogP contribution in [-0.4, -0.2) is 27.2 Å². The van der Waals surface area contributed by atoms with Gasteiger partial charge in [-0.1, -0.05) is 91.0 Å². The number of nitrogens with zero attached hydrogens (tertiary/aromatic N) is 3. The fourth-order valence-corrected chi connectivity index (χ4v) is 5.73. The first-order chi connectivity index (χ1) is 21.2. The van der Waals surface area contributed by atoms with Crippen LogP contribution in [0, 0.1) is 5.82 Å². The van der Waals surface area contributed by atoms with Gasteiger partial charge in [0.1, 0.15) is 16.5 Å². The molecule has 5 aromatic rings. The molecule has 0 fully saturated rings.